The number of thioether (sulfide) groups is 6. The van der Waals surface area contributed by atoms with Gasteiger partial charge in [0.25, 0.3) is 20.0 Å². The summed E-state index contributed by atoms with van der Waals surface area (Å²) in [6.45, 7) is 17.6. The van der Waals surface area contributed by atoms with Crippen molar-refractivity contribution in [3.63, 3.8) is 0 Å². The van der Waals surface area contributed by atoms with Gasteiger partial charge in [-0.25, -0.2) is 46.7 Å². The number of sulfonamides is 2. The van der Waals surface area contributed by atoms with Gasteiger partial charge in [0.1, 0.15) is 22.6 Å². The number of anilines is 2. The predicted octanol–water partition coefficient (Wildman–Crippen LogP) is 39.2. The first-order valence-corrected chi connectivity index (χ1v) is 65.0. The maximum Gasteiger partial charge on any atom is 0.261 e. The molecule has 2 aliphatic heterocycles. The fraction of sp³-hybridized carbons (Fsp3) is 0.627. The Morgan fingerprint density at radius 3 is 0.586 bits per heavy atom. The van der Waals surface area contributed by atoms with E-state index in [2.05, 4.69) is 97.4 Å². The lowest BCUT2D eigenvalue weighted by molar-refractivity contribution is 0.563. The molecule has 8 bridgehead atoms. The van der Waals surface area contributed by atoms with Crippen LogP contribution in [0.5, 0.6) is 0 Å². The SMILES string of the molecule is CCCCCCCCCCCCSc1cc2c(cc1SCCCCCCCCCCCC)-c1nc-2nc2[nH]c(nc3nc(nc4[nH]c(n1)c1cc(SCCCCCCCCCCCC)c(SCCCCCCCCCCCC)cc41)-c1cc(NS(=O)(=O)c4ccc(C)cc4)c(NS(=O)(=O)c4ccc(C)cc4)cc1-3)c1cc(SCCCCCCCCCCCC)c(SCCCCCCCCCCCC)cc21. The fourth-order valence-corrected chi connectivity index (χ4v) is 28.2. The van der Waals surface area contributed by atoms with Crippen LogP contribution in [-0.4, -0.2) is 91.2 Å². The lowest BCUT2D eigenvalue weighted by atomic mass is 10.1. The molecule has 0 radical (unpaired) electrons. The van der Waals surface area contributed by atoms with E-state index < -0.39 is 20.0 Å². The van der Waals surface area contributed by atoms with E-state index in [-0.39, 0.29) is 32.8 Å². The molecule has 4 N–H and O–H groups in total. The number of hydrogen-bond donors (Lipinski definition) is 4. The van der Waals surface area contributed by atoms with Gasteiger partial charge in [-0.05, 0) is 160 Å². The van der Waals surface area contributed by atoms with Crippen LogP contribution >= 0.6 is 70.6 Å². The van der Waals surface area contributed by atoms with Crippen LogP contribution in [0.3, 0.4) is 0 Å². The molecule has 9 aromatic rings. The highest BCUT2D eigenvalue weighted by molar-refractivity contribution is 8.03. The molecule has 770 valence electrons. The largest absolute Gasteiger partial charge is 0.324 e. The number of aromatic amines is 2. The van der Waals surface area contributed by atoms with E-state index in [1.54, 1.807) is 60.7 Å². The lowest BCUT2D eigenvalue weighted by Gasteiger charge is -2.17. The third-order valence-electron chi connectivity index (χ3n) is 27.8. The third kappa shape index (κ3) is 38.8. The van der Waals surface area contributed by atoms with Crippen molar-refractivity contribution in [1.29, 1.82) is 0 Å². The Bertz CT molecular complexity index is 5200. The maximum atomic E-state index is 15.1. The molecule has 0 fully saturated rings. The zero-order valence-corrected chi connectivity index (χ0v) is 94.0. The highest BCUT2D eigenvalue weighted by atomic mass is 32.2. The van der Waals surface area contributed by atoms with Crippen molar-refractivity contribution in [2.45, 2.75) is 480 Å². The number of aryl methyl sites for hydroxylation is 2. The van der Waals surface area contributed by atoms with Gasteiger partial charge in [0.2, 0.25) is 0 Å². The Morgan fingerprint density at radius 2 is 0.393 bits per heavy atom. The quantitative estimate of drug-likeness (QED) is 0.0207. The molecule has 0 saturated carbocycles. The van der Waals surface area contributed by atoms with E-state index in [4.69, 9.17) is 29.9 Å². The Labute approximate surface area is 873 Å². The molecule has 14 nitrogen and oxygen atoms in total. The van der Waals surface area contributed by atoms with Crippen molar-refractivity contribution < 1.29 is 16.8 Å². The van der Waals surface area contributed by atoms with Crippen LogP contribution in [0, 0.1) is 13.8 Å². The van der Waals surface area contributed by atoms with Gasteiger partial charge in [-0.1, -0.05) is 424 Å². The van der Waals surface area contributed by atoms with Gasteiger partial charge < -0.3 is 9.97 Å². The summed E-state index contributed by atoms with van der Waals surface area (Å²) in [7, 11) is -8.75. The van der Waals surface area contributed by atoms with E-state index in [0.717, 1.165) is 117 Å². The number of rotatable bonds is 78. The number of H-pyrrole nitrogens is 2. The van der Waals surface area contributed by atoms with Crippen molar-refractivity contribution >= 4 is 146 Å². The van der Waals surface area contributed by atoms with Crippen LogP contribution in [0.25, 0.3) is 89.7 Å². The highest BCUT2D eigenvalue weighted by Gasteiger charge is 2.30. The van der Waals surface area contributed by atoms with Crippen molar-refractivity contribution in [3.05, 3.63) is 108 Å². The molecular formula is C118H176N10O4S8. The second-order valence-electron chi connectivity index (χ2n) is 40.1. The molecular weight excluding hydrogens is 1880 g/mol. The molecule has 22 heteroatoms. The zero-order chi connectivity index (χ0) is 98.5. The van der Waals surface area contributed by atoms with Crippen molar-refractivity contribution in [1.82, 2.24) is 39.9 Å². The van der Waals surface area contributed by atoms with E-state index in [0.29, 0.717) is 45.4 Å². The average molecular weight is 2060 g/mol. The molecule has 0 saturated heterocycles. The summed E-state index contributed by atoms with van der Waals surface area (Å²) >= 11 is 11.8. The van der Waals surface area contributed by atoms with Gasteiger partial charge in [0, 0.05) is 73.2 Å². The minimum absolute atomic E-state index is 0.0127. The Morgan fingerprint density at radius 1 is 0.221 bits per heavy atom. The van der Waals surface area contributed by atoms with Crippen molar-refractivity contribution in [2.75, 3.05) is 44.0 Å². The van der Waals surface area contributed by atoms with Crippen LogP contribution in [0.1, 0.15) is 438 Å². The van der Waals surface area contributed by atoms with Gasteiger partial charge in [0.15, 0.2) is 23.3 Å². The summed E-state index contributed by atoms with van der Waals surface area (Å²) in [5.41, 5.74) is 6.83. The standard InChI is InChI=1S/C118H176N10O4S8/c1-9-15-21-27-33-39-45-51-57-63-77-133-105-85-97-99(87-107(105)135-79-65-59-53-47-41-35-29-23-17-11-3)115-122-113(97)120-111-95-83-103(127-139(129,130)93-73-69-91(7)70-74-93)104(128-140(131,132)94-75-71-92(8)72-76-94)84-96(95)112(119-111)121-114-98-86-106(134-78-64-58-52-46-40-34-28-22-16-10-2)108(136-80-66-60-54-48-42-36-30-24-18-12-4)88-100(98)116(123-114)125-118-102-90-110(138-82-68-62-56-50-44-38-32-26-20-14-6)109(89-101(102)117(124-115)126-118)137-81-67-61-55-49-43-37-31-25-19-13-5/h69-76,83-90,127-128H,9-68,77-82H2,1-8H3,(H2,119,120,121,122,123,124,125,126). The molecule has 0 atom stereocenters. The molecule has 11 rings (SSSR count). The maximum absolute atomic E-state index is 15.1. The van der Waals surface area contributed by atoms with Crippen LogP contribution in [-0.2, 0) is 20.0 Å². The van der Waals surface area contributed by atoms with Gasteiger partial charge >= 0.3 is 0 Å². The molecule has 0 amide bonds. The van der Waals surface area contributed by atoms with Crippen LogP contribution < -0.4 is 9.44 Å². The molecule has 0 aliphatic carbocycles. The van der Waals surface area contributed by atoms with Crippen LogP contribution in [0.15, 0.2) is 136 Å². The number of fused-ring (bicyclic) bond motifs is 20. The number of unbranched alkanes of at least 4 members (excludes halogenated alkanes) is 54. The Kier molecular flexibility index (Phi) is 53.8. The molecule has 5 heterocycles. The first-order chi connectivity index (χ1) is 68.6. The van der Waals surface area contributed by atoms with Crippen molar-refractivity contribution in [3.8, 4) is 45.6 Å². The smallest absolute Gasteiger partial charge is 0.261 e. The van der Waals surface area contributed by atoms with Gasteiger partial charge in [0.05, 0.1) is 21.2 Å². The molecule has 6 aromatic carbocycles. The minimum Gasteiger partial charge on any atom is -0.324 e. The summed E-state index contributed by atoms with van der Waals surface area (Å²) in [6, 6.07) is 31.0. The summed E-state index contributed by atoms with van der Waals surface area (Å²) in [4.78, 5) is 49.9. The van der Waals surface area contributed by atoms with Gasteiger partial charge in [-0.3, -0.25) is 9.44 Å². The first kappa shape index (κ1) is 115. The molecule has 140 heavy (non-hydrogen) atoms. The average Bonchev–Trinajstić information content (AvgIpc) is 1.59. The van der Waals surface area contributed by atoms with Gasteiger partial charge in [-0.2, -0.15) is 0 Å². The van der Waals surface area contributed by atoms with Crippen molar-refractivity contribution in [2.24, 2.45) is 0 Å². The lowest BCUT2D eigenvalue weighted by Crippen LogP contribution is -2.18. The molecule has 0 unspecified atom stereocenters. The Hall–Kier alpha value is -5.72. The topological polar surface area (TPSA) is 201 Å². The monoisotopic (exact) mass is 2050 g/mol. The number of nitrogens with one attached hydrogen (secondary N) is 4. The van der Waals surface area contributed by atoms with Crippen LogP contribution in [0.4, 0.5) is 11.4 Å². The number of benzene rings is 6. The van der Waals surface area contributed by atoms with E-state index in [9.17, 15) is 0 Å². The minimum atomic E-state index is -4.37. The summed E-state index contributed by atoms with van der Waals surface area (Å²) in [5, 5.41) is 3.53. The Balaban J connectivity index is 1.13. The normalized spacial score (nSPS) is 12.2. The fourth-order valence-electron chi connectivity index (χ4n) is 19.2. The molecule has 3 aromatic heterocycles. The highest BCUT2D eigenvalue weighted by Crippen LogP contribution is 2.48. The second kappa shape index (κ2) is 65.8. The summed E-state index contributed by atoms with van der Waals surface area (Å²) in [6.07, 6.45) is 76.8. The van der Waals surface area contributed by atoms with E-state index >= 15 is 16.8 Å². The predicted molar refractivity (Wildman–Crippen MR) is 615 cm³/mol. The van der Waals surface area contributed by atoms with E-state index in [1.807, 2.05) is 84.4 Å². The first-order valence-electron chi connectivity index (χ1n) is 56.1. The summed E-state index contributed by atoms with van der Waals surface area (Å²) < 4.78 is 66.2. The molecule has 2 aliphatic rings. The summed E-state index contributed by atoms with van der Waals surface area (Å²) in [5.74, 6) is 7.65. The third-order valence-corrected chi connectivity index (χ3v) is 37.8. The molecule has 0 spiro atoms. The zero-order valence-electron chi connectivity index (χ0n) is 87.5. The number of aromatic nitrogens is 8. The number of nitrogens with zero attached hydrogens (tertiary/aromatic N) is 6. The van der Waals surface area contributed by atoms with Gasteiger partial charge in [-0.15, -0.1) is 70.6 Å². The van der Waals surface area contributed by atoms with Crippen LogP contribution in [0.2, 0.25) is 0 Å². The number of hydrogen-bond acceptors (Lipinski definition) is 16. The second-order valence-corrected chi connectivity index (χ2v) is 50.3. The van der Waals surface area contributed by atoms with E-state index in [1.165, 1.54) is 376 Å².